The summed E-state index contributed by atoms with van der Waals surface area (Å²) in [6.07, 6.45) is 0.240. The topological polar surface area (TPSA) is 33.0 Å². The van der Waals surface area contributed by atoms with Crippen LogP contribution in [0.1, 0.15) is 5.56 Å². The third-order valence-electron chi connectivity index (χ3n) is 1.65. The molecule has 1 aromatic rings. The van der Waals surface area contributed by atoms with E-state index >= 15 is 0 Å². The summed E-state index contributed by atoms with van der Waals surface area (Å²) in [5.74, 6) is 0.163. The van der Waals surface area contributed by atoms with E-state index in [1.54, 1.807) is 12.1 Å². The van der Waals surface area contributed by atoms with Gasteiger partial charge in [0.2, 0.25) is 0 Å². The SMILES string of the molecule is N#CCc1ccc(OC[B-](F)(F)F)cc1.[K+]. The number of nitriles is 1. The van der Waals surface area contributed by atoms with Gasteiger partial charge in [0, 0.05) is 0 Å². The Morgan fingerprint density at radius 1 is 1.19 bits per heavy atom. The van der Waals surface area contributed by atoms with Crippen LogP contribution in [0.2, 0.25) is 0 Å². The van der Waals surface area contributed by atoms with E-state index in [0.717, 1.165) is 5.56 Å². The van der Waals surface area contributed by atoms with E-state index in [9.17, 15) is 12.9 Å². The Morgan fingerprint density at radius 2 is 1.75 bits per heavy atom. The molecule has 0 aliphatic heterocycles. The molecule has 0 saturated carbocycles. The van der Waals surface area contributed by atoms with Crippen molar-refractivity contribution in [3.8, 4) is 11.8 Å². The van der Waals surface area contributed by atoms with Crippen LogP contribution in [0.25, 0.3) is 0 Å². The van der Waals surface area contributed by atoms with Crippen molar-refractivity contribution in [2.75, 3.05) is 6.51 Å². The first-order valence-corrected chi connectivity index (χ1v) is 4.31. The van der Waals surface area contributed by atoms with E-state index in [4.69, 9.17) is 5.26 Å². The van der Waals surface area contributed by atoms with Crippen molar-refractivity contribution in [1.82, 2.24) is 0 Å². The fraction of sp³-hybridized carbons (Fsp3) is 0.222. The fourth-order valence-electron chi connectivity index (χ4n) is 0.986. The van der Waals surface area contributed by atoms with Gasteiger partial charge in [-0.3, -0.25) is 0 Å². The van der Waals surface area contributed by atoms with Gasteiger partial charge in [-0.15, -0.1) is 0 Å². The predicted octanol–water partition coefficient (Wildman–Crippen LogP) is -0.478. The summed E-state index contributed by atoms with van der Waals surface area (Å²) in [5, 5.41) is 8.37. The van der Waals surface area contributed by atoms with Crippen molar-refractivity contribution < 1.29 is 69.1 Å². The van der Waals surface area contributed by atoms with Gasteiger partial charge in [0.05, 0.1) is 19.0 Å². The van der Waals surface area contributed by atoms with Crippen LogP contribution >= 0.6 is 0 Å². The Morgan fingerprint density at radius 3 is 2.19 bits per heavy atom. The molecule has 0 fully saturated rings. The molecule has 0 atom stereocenters. The molecule has 0 spiro atoms. The van der Waals surface area contributed by atoms with Crippen LogP contribution in [0.5, 0.6) is 5.75 Å². The Kier molecular flexibility index (Phi) is 7.35. The summed E-state index contributed by atoms with van der Waals surface area (Å²) >= 11 is 0. The first-order chi connectivity index (χ1) is 7.01. The van der Waals surface area contributed by atoms with Gasteiger partial charge in [-0.25, -0.2) is 0 Å². The van der Waals surface area contributed by atoms with Crippen LogP contribution in [-0.4, -0.2) is 13.5 Å². The molecule has 0 radical (unpaired) electrons. The molecule has 0 unspecified atom stereocenters. The van der Waals surface area contributed by atoms with Crippen molar-refractivity contribution in [2.45, 2.75) is 6.42 Å². The summed E-state index contributed by atoms with van der Waals surface area (Å²) in [4.78, 5) is 0. The zero-order valence-corrected chi connectivity index (χ0v) is 11.9. The maximum absolute atomic E-state index is 11.8. The summed E-state index contributed by atoms with van der Waals surface area (Å²) in [7, 11) is 0. The third-order valence-corrected chi connectivity index (χ3v) is 1.65. The van der Waals surface area contributed by atoms with Gasteiger partial charge in [-0.2, -0.15) is 5.26 Å². The number of benzene rings is 1. The molecule has 0 N–H and O–H groups in total. The van der Waals surface area contributed by atoms with Gasteiger partial charge in [0.15, 0.2) is 0 Å². The van der Waals surface area contributed by atoms with E-state index in [2.05, 4.69) is 4.74 Å². The van der Waals surface area contributed by atoms with E-state index in [-0.39, 0.29) is 63.6 Å². The molecule has 0 saturated heterocycles. The molecule has 1 aromatic carbocycles. The van der Waals surface area contributed by atoms with Crippen LogP contribution in [0.4, 0.5) is 12.9 Å². The van der Waals surface area contributed by atoms with Crippen molar-refractivity contribution in [2.24, 2.45) is 0 Å². The molecule has 7 heteroatoms. The second-order valence-corrected chi connectivity index (χ2v) is 3.00. The molecule has 16 heavy (non-hydrogen) atoms. The fourth-order valence-corrected chi connectivity index (χ4v) is 0.986. The van der Waals surface area contributed by atoms with Crippen molar-refractivity contribution in [1.29, 1.82) is 5.26 Å². The van der Waals surface area contributed by atoms with Crippen LogP contribution in [-0.2, 0) is 6.42 Å². The summed E-state index contributed by atoms with van der Waals surface area (Å²) in [6.45, 7) is -6.16. The van der Waals surface area contributed by atoms with Crippen molar-refractivity contribution in [3.63, 3.8) is 0 Å². The first kappa shape index (κ1) is 16.0. The minimum absolute atomic E-state index is 0. The van der Waals surface area contributed by atoms with Gasteiger partial charge in [0.1, 0.15) is 5.75 Å². The van der Waals surface area contributed by atoms with Crippen molar-refractivity contribution in [3.05, 3.63) is 29.8 Å². The Balaban J connectivity index is 0.00000225. The number of hydrogen-bond donors (Lipinski definition) is 0. The van der Waals surface area contributed by atoms with Gasteiger partial charge in [-0.05, 0) is 17.7 Å². The quantitative estimate of drug-likeness (QED) is 0.679. The monoisotopic (exact) mass is 253 g/mol. The number of rotatable bonds is 4. The average molecular weight is 253 g/mol. The molecule has 80 valence electrons. The number of nitrogens with zero attached hydrogens (tertiary/aromatic N) is 1. The largest absolute Gasteiger partial charge is 1.00 e. The summed E-state index contributed by atoms with van der Waals surface area (Å²) in [5.41, 5.74) is 0.752. The van der Waals surface area contributed by atoms with Gasteiger partial charge in [0.25, 0.3) is 0 Å². The normalized spacial score (nSPS) is 10.1. The number of halogens is 3. The smallest absolute Gasteiger partial charge is 0.522 e. The van der Waals surface area contributed by atoms with E-state index in [1.807, 2.05) is 6.07 Å². The molecule has 0 aliphatic carbocycles. The number of hydrogen-bond acceptors (Lipinski definition) is 2. The third kappa shape index (κ3) is 6.56. The Labute approximate surface area is 134 Å². The standard InChI is InChI=1S/C9H8BF3NO.K/c11-10(12,13)7-15-9-3-1-8(2-4-9)5-6-14;/h1-4H,5,7H2;/q-1;+1. The maximum Gasteiger partial charge on any atom is 1.00 e. The van der Waals surface area contributed by atoms with Gasteiger partial charge < -0.3 is 17.7 Å². The molecule has 0 amide bonds. The maximum atomic E-state index is 11.8. The predicted molar refractivity (Wildman–Crippen MR) is 50.3 cm³/mol. The molecule has 0 aromatic heterocycles. The zero-order chi connectivity index (χ0) is 11.3. The molecular formula is C9H8BF3KNO. The van der Waals surface area contributed by atoms with Crippen LogP contribution in [0.15, 0.2) is 24.3 Å². The molecular weight excluding hydrogens is 245 g/mol. The summed E-state index contributed by atoms with van der Waals surface area (Å²) < 4.78 is 40.0. The Hall–Kier alpha value is 0.00130. The molecule has 0 bridgehead atoms. The minimum atomic E-state index is -4.92. The molecule has 2 nitrogen and oxygen atoms in total. The van der Waals surface area contributed by atoms with E-state index in [1.165, 1.54) is 12.1 Å². The van der Waals surface area contributed by atoms with Gasteiger partial charge >= 0.3 is 58.4 Å². The molecule has 0 heterocycles. The van der Waals surface area contributed by atoms with E-state index < -0.39 is 13.5 Å². The second kappa shape index (κ2) is 7.35. The van der Waals surface area contributed by atoms with Crippen LogP contribution in [0, 0.1) is 11.3 Å². The summed E-state index contributed by atoms with van der Waals surface area (Å²) in [6, 6.07) is 7.93. The zero-order valence-electron chi connectivity index (χ0n) is 8.79. The first-order valence-electron chi connectivity index (χ1n) is 4.31. The van der Waals surface area contributed by atoms with Gasteiger partial charge in [-0.1, -0.05) is 12.1 Å². The van der Waals surface area contributed by atoms with Crippen molar-refractivity contribution >= 4 is 6.98 Å². The van der Waals surface area contributed by atoms with Crippen LogP contribution in [0.3, 0.4) is 0 Å². The average Bonchev–Trinajstić information content (AvgIpc) is 2.16. The minimum Gasteiger partial charge on any atom is -0.522 e. The van der Waals surface area contributed by atoms with Crippen LogP contribution < -0.4 is 56.1 Å². The number of ether oxygens (including phenoxy) is 1. The Bertz CT molecular complexity index is 361. The van der Waals surface area contributed by atoms with E-state index in [0.29, 0.717) is 0 Å². The second-order valence-electron chi connectivity index (χ2n) is 3.00. The molecule has 1 rings (SSSR count). The molecule has 0 aliphatic rings.